The summed E-state index contributed by atoms with van der Waals surface area (Å²) in [4.78, 5) is 22.5. The van der Waals surface area contributed by atoms with Crippen LogP contribution in [-0.4, -0.2) is 22.4 Å². The average Bonchev–Trinajstić information content (AvgIpc) is 3.21. The molecule has 0 saturated heterocycles. The van der Waals surface area contributed by atoms with Gasteiger partial charge >= 0.3 is 0 Å². The molecule has 0 atom stereocenters. The number of rotatable bonds is 2. The molecule has 2 aromatic heterocycles. The number of hydrogen-bond acceptors (Lipinski definition) is 4. The van der Waals surface area contributed by atoms with Crippen LogP contribution in [0.3, 0.4) is 0 Å². The van der Waals surface area contributed by atoms with Crippen LogP contribution in [-0.2, 0) is 6.42 Å². The molecule has 0 spiro atoms. The zero-order valence-corrected chi connectivity index (χ0v) is 14.0. The van der Waals surface area contributed by atoms with Gasteiger partial charge < -0.3 is 9.32 Å². The number of oxazole rings is 1. The molecular weight excluding hydrogens is 377 g/mol. The van der Waals surface area contributed by atoms with E-state index in [9.17, 15) is 9.18 Å². The number of halogens is 2. The number of pyridine rings is 1. The van der Waals surface area contributed by atoms with E-state index in [0.29, 0.717) is 11.0 Å². The highest BCUT2D eigenvalue weighted by molar-refractivity contribution is 9.10. The van der Waals surface area contributed by atoms with Crippen LogP contribution in [0.15, 0.2) is 51.8 Å². The predicted octanol–water partition coefficient (Wildman–Crippen LogP) is 3.84. The van der Waals surface area contributed by atoms with E-state index < -0.39 is 5.82 Å². The Balaban J connectivity index is 1.65. The Morgan fingerprint density at radius 3 is 3.04 bits per heavy atom. The summed E-state index contributed by atoms with van der Waals surface area (Å²) in [6, 6.07) is 6.37. The Bertz CT molecular complexity index is 941. The zero-order valence-electron chi connectivity index (χ0n) is 12.4. The smallest absolute Gasteiger partial charge is 0.280 e. The monoisotopic (exact) mass is 387 g/mol. The molecule has 7 heteroatoms. The van der Waals surface area contributed by atoms with Gasteiger partial charge in [0.1, 0.15) is 12.1 Å². The molecule has 0 aliphatic carbocycles. The second kappa shape index (κ2) is 5.83. The van der Waals surface area contributed by atoms with E-state index in [0.717, 1.165) is 17.7 Å². The van der Waals surface area contributed by atoms with Crippen LogP contribution in [0.4, 0.5) is 10.1 Å². The number of hydrogen-bond donors (Lipinski definition) is 0. The van der Waals surface area contributed by atoms with Crippen LogP contribution in [0.1, 0.15) is 16.1 Å². The van der Waals surface area contributed by atoms with Crippen molar-refractivity contribution in [3.63, 3.8) is 0 Å². The molecule has 1 amide bonds. The maximum Gasteiger partial charge on any atom is 0.280 e. The number of nitrogens with zero attached hydrogens (tertiary/aromatic N) is 3. The van der Waals surface area contributed by atoms with E-state index in [1.807, 2.05) is 0 Å². The Morgan fingerprint density at radius 1 is 1.33 bits per heavy atom. The molecule has 5 nitrogen and oxygen atoms in total. The largest absolute Gasteiger partial charge is 0.444 e. The maximum atomic E-state index is 14.0. The molecule has 24 heavy (non-hydrogen) atoms. The lowest BCUT2D eigenvalue weighted by Crippen LogP contribution is -2.29. The number of anilines is 1. The molecule has 0 N–H and O–H groups in total. The normalized spacial score (nSPS) is 13.2. The molecule has 3 heterocycles. The number of carbonyl (C=O) groups excluding carboxylic acids is 1. The molecule has 0 fully saturated rings. The first-order valence-electron chi connectivity index (χ1n) is 7.29. The highest BCUT2D eigenvalue weighted by Gasteiger charge is 2.28. The van der Waals surface area contributed by atoms with Crippen molar-refractivity contribution < 1.29 is 13.6 Å². The quantitative estimate of drug-likeness (QED) is 0.670. The first-order valence-corrected chi connectivity index (χ1v) is 8.08. The molecule has 0 saturated carbocycles. The number of benzene rings is 1. The van der Waals surface area contributed by atoms with E-state index in [1.165, 1.54) is 12.3 Å². The Hall–Kier alpha value is -2.54. The van der Waals surface area contributed by atoms with Gasteiger partial charge in [-0.3, -0.25) is 9.78 Å². The minimum absolute atomic E-state index is 0.0810. The Morgan fingerprint density at radius 2 is 2.21 bits per heavy atom. The van der Waals surface area contributed by atoms with E-state index in [-0.39, 0.29) is 23.1 Å². The molecule has 1 aliphatic heterocycles. The molecule has 1 aromatic carbocycles. The minimum Gasteiger partial charge on any atom is -0.444 e. The summed E-state index contributed by atoms with van der Waals surface area (Å²) in [6.07, 6.45) is 5.42. The van der Waals surface area contributed by atoms with Gasteiger partial charge in [0.05, 0.1) is 11.3 Å². The van der Waals surface area contributed by atoms with E-state index in [2.05, 4.69) is 25.9 Å². The van der Waals surface area contributed by atoms with Gasteiger partial charge in [0.25, 0.3) is 5.91 Å². The third-order valence-corrected chi connectivity index (χ3v) is 4.40. The van der Waals surface area contributed by atoms with Crippen molar-refractivity contribution in [1.29, 1.82) is 0 Å². The fourth-order valence-electron chi connectivity index (χ4n) is 2.74. The summed E-state index contributed by atoms with van der Waals surface area (Å²) >= 11 is 3.20. The van der Waals surface area contributed by atoms with Gasteiger partial charge in [-0.15, -0.1) is 0 Å². The topological polar surface area (TPSA) is 59.2 Å². The lowest BCUT2D eigenvalue weighted by molar-refractivity contribution is 0.0984. The van der Waals surface area contributed by atoms with Gasteiger partial charge in [-0.05, 0) is 36.2 Å². The SMILES string of the molecule is O=C(c1coc(-c2ccc(Br)cc2F)n1)N1CCc2cnccc21. The van der Waals surface area contributed by atoms with Crippen LogP contribution in [0.5, 0.6) is 0 Å². The van der Waals surface area contributed by atoms with Gasteiger partial charge in [-0.1, -0.05) is 15.9 Å². The summed E-state index contributed by atoms with van der Waals surface area (Å²) in [6.45, 7) is 0.564. The number of aromatic nitrogens is 2. The standard InChI is InChI=1S/C17H11BrFN3O2/c18-11-1-2-12(13(19)7-11)16-21-14(9-24-16)17(23)22-6-4-10-8-20-5-3-15(10)22/h1-3,5,7-9H,4,6H2. The Kier molecular flexibility index (Phi) is 3.65. The van der Waals surface area contributed by atoms with Crippen molar-refractivity contribution in [2.24, 2.45) is 0 Å². The highest BCUT2D eigenvalue weighted by atomic mass is 79.9. The number of amides is 1. The number of fused-ring (bicyclic) bond motifs is 1. The second-order valence-electron chi connectivity index (χ2n) is 5.37. The molecule has 1 aliphatic rings. The summed E-state index contributed by atoms with van der Waals surface area (Å²) in [5, 5.41) is 0. The van der Waals surface area contributed by atoms with E-state index in [4.69, 9.17) is 4.42 Å². The third-order valence-electron chi connectivity index (χ3n) is 3.90. The van der Waals surface area contributed by atoms with Gasteiger partial charge in [0.15, 0.2) is 5.69 Å². The highest BCUT2D eigenvalue weighted by Crippen LogP contribution is 2.29. The molecule has 0 radical (unpaired) electrons. The van der Waals surface area contributed by atoms with E-state index >= 15 is 0 Å². The lowest BCUT2D eigenvalue weighted by Gasteiger charge is -2.15. The van der Waals surface area contributed by atoms with Gasteiger partial charge in [-0.2, -0.15) is 0 Å². The van der Waals surface area contributed by atoms with Gasteiger partial charge in [-0.25, -0.2) is 9.37 Å². The average molecular weight is 388 g/mol. The molecule has 0 unspecified atom stereocenters. The fourth-order valence-corrected chi connectivity index (χ4v) is 3.07. The van der Waals surface area contributed by atoms with Crippen molar-refractivity contribution in [3.8, 4) is 11.5 Å². The minimum atomic E-state index is -0.470. The third kappa shape index (κ3) is 2.50. The lowest BCUT2D eigenvalue weighted by atomic mass is 10.2. The molecule has 4 rings (SSSR count). The summed E-state index contributed by atoms with van der Waals surface area (Å²) in [7, 11) is 0. The number of carbonyl (C=O) groups is 1. The predicted molar refractivity (Wildman–Crippen MR) is 89.2 cm³/mol. The van der Waals surface area contributed by atoms with Crippen molar-refractivity contribution in [2.75, 3.05) is 11.4 Å². The zero-order chi connectivity index (χ0) is 16.7. The molecule has 3 aromatic rings. The molecule has 120 valence electrons. The summed E-state index contributed by atoms with van der Waals surface area (Å²) < 4.78 is 19.9. The molecule has 0 bridgehead atoms. The van der Waals surface area contributed by atoms with Gasteiger partial charge in [0.2, 0.25) is 5.89 Å². The summed E-state index contributed by atoms with van der Waals surface area (Å²) in [5.41, 5.74) is 2.21. The van der Waals surface area contributed by atoms with Crippen LogP contribution in [0, 0.1) is 5.82 Å². The van der Waals surface area contributed by atoms with E-state index in [1.54, 1.807) is 35.5 Å². The van der Waals surface area contributed by atoms with Crippen molar-refractivity contribution in [1.82, 2.24) is 9.97 Å². The fraction of sp³-hybridized carbons (Fsp3) is 0.118. The molecular formula is C17H11BrFN3O2. The second-order valence-corrected chi connectivity index (χ2v) is 6.29. The van der Waals surface area contributed by atoms with Crippen molar-refractivity contribution >= 4 is 27.5 Å². The van der Waals surface area contributed by atoms with Crippen molar-refractivity contribution in [3.05, 3.63) is 64.5 Å². The van der Waals surface area contributed by atoms with Crippen LogP contribution >= 0.6 is 15.9 Å². The van der Waals surface area contributed by atoms with Crippen LogP contribution in [0.2, 0.25) is 0 Å². The van der Waals surface area contributed by atoms with Crippen LogP contribution in [0.25, 0.3) is 11.5 Å². The first kappa shape index (κ1) is 15.0. The summed E-state index contributed by atoms with van der Waals surface area (Å²) in [5.74, 6) is -0.659. The first-order chi connectivity index (χ1) is 11.6. The van der Waals surface area contributed by atoms with Crippen LogP contribution < -0.4 is 4.90 Å². The van der Waals surface area contributed by atoms with Crippen molar-refractivity contribution in [2.45, 2.75) is 6.42 Å². The van der Waals surface area contributed by atoms with Gasteiger partial charge in [0, 0.05) is 23.4 Å². The Labute approximate surface area is 145 Å². The maximum absolute atomic E-state index is 14.0.